The summed E-state index contributed by atoms with van der Waals surface area (Å²) in [5.41, 5.74) is 7.61. The topological polar surface area (TPSA) is 54.3 Å². The van der Waals surface area contributed by atoms with E-state index in [9.17, 15) is 0 Å². The standard InChI is InChI=1S/C14H21N3O/c1-3-17(4-2)7-8-18-14-10-16-13-6-5-11(15)9-12(13)14/h5-6,9-10,16H,3-4,7-8,15H2,1-2H3. The van der Waals surface area contributed by atoms with E-state index < -0.39 is 0 Å². The minimum Gasteiger partial charge on any atom is -0.490 e. The fraction of sp³-hybridized carbons (Fsp3) is 0.429. The van der Waals surface area contributed by atoms with Crippen molar-refractivity contribution in [3.8, 4) is 5.75 Å². The molecule has 1 heterocycles. The van der Waals surface area contributed by atoms with Gasteiger partial charge in [0.05, 0.1) is 0 Å². The van der Waals surface area contributed by atoms with Crippen LogP contribution >= 0.6 is 0 Å². The monoisotopic (exact) mass is 247 g/mol. The first kappa shape index (κ1) is 12.8. The highest BCUT2D eigenvalue weighted by molar-refractivity contribution is 5.88. The van der Waals surface area contributed by atoms with E-state index in [-0.39, 0.29) is 0 Å². The molecule has 3 N–H and O–H groups in total. The molecule has 1 aromatic carbocycles. The van der Waals surface area contributed by atoms with Gasteiger partial charge in [-0.3, -0.25) is 0 Å². The Balaban J connectivity index is 2.01. The van der Waals surface area contributed by atoms with Gasteiger partial charge in [-0.1, -0.05) is 13.8 Å². The summed E-state index contributed by atoms with van der Waals surface area (Å²) < 4.78 is 5.82. The number of nitrogens with zero attached hydrogens (tertiary/aromatic N) is 1. The number of anilines is 1. The van der Waals surface area contributed by atoms with Gasteiger partial charge in [-0.05, 0) is 31.3 Å². The van der Waals surface area contributed by atoms with Crippen molar-refractivity contribution in [1.29, 1.82) is 0 Å². The quantitative estimate of drug-likeness (QED) is 0.771. The Morgan fingerprint density at radius 1 is 1.28 bits per heavy atom. The first-order valence-corrected chi connectivity index (χ1v) is 6.46. The molecule has 2 aromatic rings. The fourth-order valence-corrected chi connectivity index (χ4v) is 2.06. The molecule has 0 fully saturated rings. The van der Waals surface area contributed by atoms with E-state index in [1.165, 1.54) is 0 Å². The SMILES string of the molecule is CCN(CC)CCOc1c[nH]c2ccc(N)cc12. The number of ether oxygens (including phenoxy) is 1. The number of hydrogen-bond donors (Lipinski definition) is 2. The molecule has 0 amide bonds. The van der Waals surface area contributed by atoms with Crippen molar-refractivity contribution in [1.82, 2.24) is 9.88 Å². The second kappa shape index (κ2) is 5.78. The molecule has 0 unspecified atom stereocenters. The lowest BCUT2D eigenvalue weighted by Gasteiger charge is -2.17. The zero-order valence-electron chi connectivity index (χ0n) is 11.1. The average molecular weight is 247 g/mol. The third-order valence-corrected chi connectivity index (χ3v) is 3.23. The van der Waals surface area contributed by atoms with Gasteiger partial charge in [-0.25, -0.2) is 0 Å². The zero-order chi connectivity index (χ0) is 13.0. The minimum atomic E-state index is 0.698. The van der Waals surface area contributed by atoms with Crippen molar-refractivity contribution < 1.29 is 4.74 Å². The van der Waals surface area contributed by atoms with E-state index in [0.717, 1.165) is 42.0 Å². The van der Waals surface area contributed by atoms with Crippen molar-refractivity contribution in [2.24, 2.45) is 0 Å². The summed E-state index contributed by atoms with van der Waals surface area (Å²) >= 11 is 0. The van der Waals surface area contributed by atoms with Crippen LogP contribution in [0.25, 0.3) is 10.9 Å². The highest BCUT2D eigenvalue weighted by Gasteiger charge is 2.06. The Morgan fingerprint density at radius 2 is 2.06 bits per heavy atom. The second-order valence-corrected chi connectivity index (χ2v) is 4.33. The van der Waals surface area contributed by atoms with Crippen LogP contribution in [0.5, 0.6) is 5.75 Å². The van der Waals surface area contributed by atoms with Crippen LogP contribution in [0.4, 0.5) is 5.69 Å². The maximum absolute atomic E-state index is 5.82. The molecule has 0 aliphatic carbocycles. The maximum Gasteiger partial charge on any atom is 0.144 e. The highest BCUT2D eigenvalue weighted by atomic mass is 16.5. The number of fused-ring (bicyclic) bond motifs is 1. The van der Waals surface area contributed by atoms with Crippen LogP contribution in [-0.4, -0.2) is 36.1 Å². The Labute approximate surface area is 108 Å². The molecule has 98 valence electrons. The number of rotatable bonds is 6. The number of likely N-dealkylation sites (N-methyl/N-ethyl adjacent to an activating group) is 1. The van der Waals surface area contributed by atoms with Gasteiger partial charge in [-0.2, -0.15) is 0 Å². The Bertz CT molecular complexity index is 503. The van der Waals surface area contributed by atoms with E-state index in [1.54, 1.807) is 0 Å². The molecule has 0 saturated heterocycles. The lowest BCUT2D eigenvalue weighted by atomic mass is 10.2. The lowest BCUT2D eigenvalue weighted by molar-refractivity contribution is 0.224. The fourth-order valence-electron chi connectivity index (χ4n) is 2.06. The molecular formula is C14H21N3O. The molecule has 0 spiro atoms. The zero-order valence-corrected chi connectivity index (χ0v) is 11.1. The molecule has 0 saturated carbocycles. The Morgan fingerprint density at radius 3 is 2.78 bits per heavy atom. The third-order valence-electron chi connectivity index (χ3n) is 3.23. The molecule has 18 heavy (non-hydrogen) atoms. The summed E-state index contributed by atoms with van der Waals surface area (Å²) in [5, 5.41) is 1.05. The molecule has 0 aliphatic heterocycles. The number of benzene rings is 1. The van der Waals surface area contributed by atoms with E-state index in [4.69, 9.17) is 10.5 Å². The molecule has 2 rings (SSSR count). The second-order valence-electron chi connectivity index (χ2n) is 4.33. The normalized spacial score (nSPS) is 11.3. The van der Waals surface area contributed by atoms with Gasteiger partial charge in [0.25, 0.3) is 0 Å². The van der Waals surface area contributed by atoms with Crippen molar-refractivity contribution in [3.63, 3.8) is 0 Å². The van der Waals surface area contributed by atoms with E-state index in [2.05, 4.69) is 23.7 Å². The molecular weight excluding hydrogens is 226 g/mol. The van der Waals surface area contributed by atoms with Gasteiger partial charge in [-0.15, -0.1) is 0 Å². The first-order valence-electron chi connectivity index (χ1n) is 6.46. The molecule has 1 aromatic heterocycles. The van der Waals surface area contributed by atoms with Crippen molar-refractivity contribution in [2.45, 2.75) is 13.8 Å². The molecule has 0 aliphatic rings. The number of hydrogen-bond acceptors (Lipinski definition) is 3. The summed E-state index contributed by atoms with van der Waals surface area (Å²) in [4.78, 5) is 5.52. The van der Waals surface area contributed by atoms with Crippen LogP contribution < -0.4 is 10.5 Å². The van der Waals surface area contributed by atoms with Crippen LogP contribution in [0.3, 0.4) is 0 Å². The van der Waals surface area contributed by atoms with E-state index >= 15 is 0 Å². The van der Waals surface area contributed by atoms with Crippen molar-refractivity contribution >= 4 is 16.6 Å². The number of aromatic nitrogens is 1. The summed E-state index contributed by atoms with van der Waals surface area (Å²) in [5.74, 6) is 0.879. The van der Waals surface area contributed by atoms with Crippen LogP contribution in [-0.2, 0) is 0 Å². The number of H-pyrrole nitrogens is 1. The number of nitrogens with two attached hydrogens (primary N) is 1. The first-order chi connectivity index (χ1) is 8.74. The predicted octanol–water partition coefficient (Wildman–Crippen LogP) is 2.47. The molecule has 4 nitrogen and oxygen atoms in total. The van der Waals surface area contributed by atoms with Crippen LogP contribution in [0.2, 0.25) is 0 Å². The molecule has 0 atom stereocenters. The van der Waals surface area contributed by atoms with Gasteiger partial charge in [0.1, 0.15) is 12.4 Å². The van der Waals surface area contributed by atoms with Crippen molar-refractivity contribution in [2.75, 3.05) is 32.0 Å². The number of aromatic amines is 1. The summed E-state index contributed by atoms with van der Waals surface area (Å²) in [6, 6.07) is 5.80. The Hall–Kier alpha value is -1.68. The van der Waals surface area contributed by atoms with E-state index in [0.29, 0.717) is 6.61 Å². The smallest absolute Gasteiger partial charge is 0.144 e. The van der Waals surface area contributed by atoms with Gasteiger partial charge in [0, 0.05) is 29.3 Å². The number of nitrogens with one attached hydrogen (secondary N) is 1. The van der Waals surface area contributed by atoms with Gasteiger partial charge in [0.15, 0.2) is 0 Å². The predicted molar refractivity (Wildman–Crippen MR) is 76.0 cm³/mol. The summed E-state index contributed by atoms with van der Waals surface area (Å²) in [6.45, 7) is 8.08. The van der Waals surface area contributed by atoms with Crippen LogP contribution in [0, 0.1) is 0 Å². The van der Waals surface area contributed by atoms with Crippen LogP contribution in [0.1, 0.15) is 13.8 Å². The largest absolute Gasteiger partial charge is 0.490 e. The van der Waals surface area contributed by atoms with Gasteiger partial charge in [0.2, 0.25) is 0 Å². The van der Waals surface area contributed by atoms with Gasteiger partial charge < -0.3 is 20.4 Å². The van der Waals surface area contributed by atoms with E-state index in [1.807, 2.05) is 24.4 Å². The lowest BCUT2D eigenvalue weighted by Crippen LogP contribution is -2.27. The molecule has 4 heteroatoms. The molecule has 0 bridgehead atoms. The number of nitrogen functional groups attached to an aromatic ring is 1. The Kier molecular flexibility index (Phi) is 4.10. The minimum absolute atomic E-state index is 0.698. The average Bonchev–Trinajstić information content (AvgIpc) is 2.77. The van der Waals surface area contributed by atoms with Crippen LogP contribution in [0.15, 0.2) is 24.4 Å². The highest BCUT2D eigenvalue weighted by Crippen LogP contribution is 2.27. The summed E-state index contributed by atoms with van der Waals surface area (Å²) in [6.07, 6.45) is 1.90. The third kappa shape index (κ3) is 2.76. The molecule has 0 radical (unpaired) electrons. The van der Waals surface area contributed by atoms with Crippen molar-refractivity contribution in [3.05, 3.63) is 24.4 Å². The maximum atomic E-state index is 5.82. The summed E-state index contributed by atoms with van der Waals surface area (Å²) in [7, 11) is 0. The van der Waals surface area contributed by atoms with Gasteiger partial charge >= 0.3 is 0 Å².